The second-order valence-corrected chi connectivity index (χ2v) is 7.81. The lowest BCUT2D eigenvalue weighted by Crippen LogP contribution is -2.25. The monoisotopic (exact) mass is 463 g/mol. The smallest absolute Gasteiger partial charge is 0.251 e. The molecule has 0 aliphatic rings. The quantitative estimate of drug-likeness (QED) is 0.328. The Balaban J connectivity index is 2.12. The molecule has 1 amide bonds. The first-order valence-electron chi connectivity index (χ1n) is 10.7. The van der Waals surface area contributed by atoms with Gasteiger partial charge in [-0.1, -0.05) is 19.1 Å². The number of hydrogen-bond acceptors (Lipinski definition) is 3. The number of amides is 1. The van der Waals surface area contributed by atoms with Crippen LogP contribution in [0.25, 0.3) is 5.57 Å². The number of halogens is 4. The van der Waals surface area contributed by atoms with E-state index in [-0.39, 0.29) is 28.2 Å². The third-order valence-electron chi connectivity index (χ3n) is 4.99. The fraction of sp³-hybridized carbons (Fsp3) is 0.360. The van der Waals surface area contributed by atoms with Crippen molar-refractivity contribution in [3.05, 3.63) is 70.4 Å². The third kappa shape index (κ3) is 7.44. The average Bonchev–Trinajstić information content (AvgIpc) is 2.77. The van der Waals surface area contributed by atoms with Crippen LogP contribution in [-0.2, 0) is 6.42 Å². The van der Waals surface area contributed by atoms with Crippen LogP contribution in [0.2, 0.25) is 0 Å². The molecule has 2 aromatic carbocycles. The van der Waals surface area contributed by atoms with Crippen LogP contribution >= 0.6 is 0 Å². The zero-order valence-electron chi connectivity index (χ0n) is 19.2. The highest BCUT2D eigenvalue weighted by atomic mass is 19.3. The molecular formula is C25H29F4N3O. The number of aryl methyl sites for hydroxylation is 1. The largest absolute Gasteiger partial charge is 0.380 e. The number of anilines is 1. The van der Waals surface area contributed by atoms with E-state index in [9.17, 15) is 22.4 Å². The fourth-order valence-corrected chi connectivity index (χ4v) is 3.10. The predicted octanol–water partition coefficient (Wildman–Crippen LogP) is 6.15. The Morgan fingerprint density at radius 1 is 1.09 bits per heavy atom. The van der Waals surface area contributed by atoms with Gasteiger partial charge in [-0.25, -0.2) is 17.6 Å². The van der Waals surface area contributed by atoms with Crippen LogP contribution < -0.4 is 10.6 Å². The van der Waals surface area contributed by atoms with E-state index >= 15 is 0 Å². The standard InChI is InChI=1S/C25H29F4N3O/c1-5-10-30-25(33)21-9-7-19(11-18(21)12-22(26)27)32-14-17(4)31-13-16(3)20-8-6-15(2)23(28)24(20)29/h6-9,11,13,22,32H,5,10,12,14H2,1-4H3,(H,30,33)/b16-13+,31-17+. The summed E-state index contributed by atoms with van der Waals surface area (Å²) < 4.78 is 54.0. The summed E-state index contributed by atoms with van der Waals surface area (Å²) in [6.45, 7) is 7.54. The SMILES string of the molecule is CCCNC(=O)c1ccc(NC/C(C)=N/C=C(\C)c2ccc(C)c(F)c2F)cc1CC(F)F. The summed E-state index contributed by atoms with van der Waals surface area (Å²) in [5.41, 5.74) is 2.52. The highest BCUT2D eigenvalue weighted by molar-refractivity contribution is 5.96. The number of allylic oxidation sites excluding steroid dienone is 1. The summed E-state index contributed by atoms with van der Waals surface area (Å²) in [7, 11) is 0. The number of carbonyl (C=O) groups is 1. The number of nitrogens with zero attached hydrogens (tertiary/aromatic N) is 1. The van der Waals surface area contributed by atoms with Gasteiger partial charge in [0, 0.05) is 41.7 Å². The molecule has 2 aromatic rings. The molecule has 0 aromatic heterocycles. The van der Waals surface area contributed by atoms with Crippen molar-refractivity contribution < 1.29 is 22.4 Å². The lowest BCUT2D eigenvalue weighted by atomic mass is 10.0. The van der Waals surface area contributed by atoms with E-state index < -0.39 is 24.5 Å². The Hall–Kier alpha value is -3.16. The summed E-state index contributed by atoms with van der Waals surface area (Å²) in [6.07, 6.45) is -0.916. The van der Waals surface area contributed by atoms with Gasteiger partial charge in [0.2, 0.25) is 6.43 Å². The van der Waals surface area contributed by atoms with E-state index in [1.54, 1.807) is 19.9 Å². The Morgan fingerprint density at radius 3 is 2.45 bits per heavy atom. The van der Waals surface area contributed by atoms with Gasteiger partial charge in [-0.3, -0.25) is 9.79 Å². The Bertz CT molecular complexity index is 1050. The van der Waals surface area contributed by atoms with Gasteiger partial charge in [0.15, 0.2) is 11.6 Å². The van der Waals surface area contributed by atoms with Gasteiger partial charge in [0.25, 0.3) is 5.91 Å². The minimum atomic E-state index is -2.58. The molecule has 0 heterocycles. The molecular weight excluding hydrogens is 434 g/mol. The van der Waals surface area contributed by atoms with E-state index in [0.717, 1.165) is 6.42 Å². The number of benzene rings is 2. The zero-order chi connectivity index (χ0) is 24.5. The van der Waals surface area contributed by atoms with Crippen molar-refractivity contribution in [1.82, 2.24) is 5.32 Å². The Morgan fingerprint density at radius 2 is 1.79 bits per heavy atom. The summed E-state index contributed by atoms with van der Waals surface area (Å²) in [4.78, 5) is 16.5. The summed E-state index contributed by atoms with van der Waals surface area (Å²) in [5, 5.41) is 5.79. The van der Waals surface area contributed by atoms with E-state index in [1.165, 1.54) is 37.4 Å². The minimum absolute atomic E-state index is 0.135. The first-order chi connectivity index (χ1) is 15.6. The number of nitrogens with one attached hydrogen (secondary N) is 2. The van der Waals surface area contributed by atoms with E-state index in [4.69, 9.17) is 0 Å². The number of alkyl halides is 2. The number of carbonyl (C=O) groups excluding carboxylic acids is 1. The van der Waals surface area contributed by atoms with Gasteiger partial charge in [-0.05, 0) is 62.1 Å². The average molecular weight is 464 g/mol. The second-order valence-electron chi connectivity index (χ2n) is 7.81. The second kappa shape index (κ2) is 12.2. The van der Waals surface area contributed by atoms with Crippen LogP contribution in [0.15, 0.2) is 41.5 Å². The van der Waals surface area contributed by atoms with Gasteiger partial charge in [-0.2, -0.15) is 0 Å². The summed E-state index contributed by atoms with van der Waals surface area (Å²) in [6, 6.07) is 7.72. The highest BCUT2D eigenvalue weighted by Crippen LogP contribution is 2.23. The normalized spacial score (nSPS) is 12.3. The lowest BCUT2D eigenvalue weighted by molar-refractivity contribution is 0.0951. The lowest BCUT2D eigenvalue weighted by Gasteiger charge is -2.13. The maximum absolute atomic E-state index is 14.1. The number of aliphatic imine (C=N–C) groups is 1. The van der Waals surface area contributed by atoms with Crippen molar-refractivity contribution in [1.29, 1.82) is 0 Å². The minimum Gasteiger partial charge on any atom is -0.380 e. The fourth-order valence-electron chi connectivity index (χ4n) is 3.10. The molecule has 0 aliphatic carbocycles. The highest BCUT2D eigenvalue weighted by Gasteiger charge is 2.16. The van der Waals surface area contributed by atoms with Crippen molar-refractivity contribution in [2.24, 2.45) is 4.99 Å². The molecule has 0 bridgehead atoms. The maximum Gasteiger partial charge on any atom is 0.251 e. The molecule has 0 fully saturated rings. The van der Waals surface area contributed by atoms with Crippen molar-refractivity contribution in [2.45, 2.75) is 47.0 Å². The van der Waals surface area contributed by atoms with Crippen LogP contribution in [-0.4, -0.2) is 31.1 Å². The van der Waals surface area contributed by atoms with Crippen LogP contribution in [0.4, 0.5) is 23.2 Å². The van der Waals surface area contributed by atoms with Gasteiger partial charge in [-0.15, -0.1) is 0 Å². The van der Waals surface area contributed by atoms with Crippen LogP contribution in [0, 0.1) is 18.6 Å². The third-order valence-corrected chi connectivity index (χ3v) is 4.99. The van der Waals surface area contributed by atoms with Crippen LogP contribution in [0.1, 0.15) is 54.2 Å². The van der Waals surface area contributed by atoms with Crippen LogP contribution in [0.5, 0.6) is 0 Å². The number of rotatable bonds is 10. The zero-order valence-corrected chi connectivity index (χ0v) is 19.2. The van der Waals surface area contributed by atoms with Gasteiger partial charge < -0.3 is 10.6 Å². The summed E-state index contributed by atoms with van der Waals surface area (Å²) >= 11 is 0. The molecule has 0 radical (unpaired) electrons. The summed E-state index contributed by atoms with van der Waals surface area (Å²) in [5.74, 6) is -2.17. The van der Waals surface area contributed by atoms with Gasteiger partial charge >= 0.3 is 0 Å². The Labute approximate surface area is 191 Å². The molecule has 0 saturated heterocycles. The van der Waals surface area contributed by atoms with E-state index in [1.807, 2.05) is 6.92 Å². The predicted molar refractivity (Wildman–Crippen MR) is 125 cm³/mol. The molecule has 2 N–H and O–H groups in total. The molecule has 4 nitrogen and oxygen atoms in total. The molecule has 0 unspecified atom stereocenters. The van der Waals surface area contributed by atoms with Gasteiger partial charge in [0.1, 0.15) is 0 Å². The first-order valence-corrected chi connectivity index (χ1v) is 10.7. The van der Waals surface area contributed by atoms with Crippen molar-refractivity contribution >= 4 is 22.9 Å². The molecule has 0 aliphatic heterocycles. The molecule has 0 spiro atoms. The molecule has 0 saturated carbocycles. The van der Waals surface area contributed by atoms with Gasteiger partial charge in [0.05, 0.1) is 6.54 Å². The van der Waals surface area contributed by atoms with Crippen LogP contribution in [0.3, 0.4) is 0 Å². The maximum atomic E-state index is 14.1. The molecule has 8 heteroatoms. The first kappa shape index (κ1) is 26.1. The van der Waals surface area contributed by atoms with Crippen molar-refractivity contribution in [3.63, 3.8) is 0 Å². The number of hydrogen-bond donors (Lipinski definition) is 2. The Kier molecular flexibility index (Phi) is 9.63. The van der Waals surface area contributed by atoms with Crippen molar-refractivity contribution in [2.75, 3.05) is 18.4 Å². The topological polar surface area (TPSA) is 53.5 Å². The molecule has 33 heavy (non-hydrogen) atoms. The molecule has 0 atom stereocenters. The van der Waals surface area contributed by atoms with E-state index in [2.05, 4.69) is 15.6 Å². The molecule has 178 valence electrons. The van der Waals surface area contributed by atoms with Crippen molar-refractivity contribution in [3.8, 4) is 0 Å². The van der Waals surface area contributed by atoms with E-state index in [0.29, 0.717) is 30.1 Å². The molecule has 2 rings (SSSR count).